The molecule has 0 saturated carbocycles. The Bertz CT molecular complexity index is 1030. The Morgan fingerprint density at radius 1 is 1.36 bits per heavy atom. The summed E-state index contributed by atoms with van der Waals surface area (Å²) in [6.07, 6.45) is -0.147. The minimum atomic E-state index is -3.25. The molecule has 10 heteroatoms. The van der Waals surface area contributed by atoms with Crippen molar-refractivity contribution < 1.29 is 27.1 Å². The minimum absolute atomic E-state index is 0.0447. The van der Waals surface area contributed by atoms with Crippen molar-refractivity contribution in [2.75, 3.05) is 17.7 Å². The molecule has 2 heterocycles. The van der Waals surface area contributed by atoms with Gasteiger partial charge >= 0.3 is 5.97 Å². The highest BCUT2D eigenvalue weighted by Crippen LogP contribution is 2.38. The molecule has 0 radical (unpaired) electrons. The van der Waals surface area contributed by atoms with Crippen molar-refractivity contribution in [3.63, 3.8) is 0 Å². The van der Waals surface area contributed by atoms with Crippen molar-refractivity contribution in [3.8, 4) is 0 Å². The molecule has 2 aromatic rings. The van der Waals surface area contributed by atoms with Crippen LogP contribution < -0.4 is 5.32 Å². The smallest absolute Gasteiger partial charge is 0.341 e. The Balaban J connectivity index is 1.91. The molecule has 150 valence electrons. The number of nitrogens with one attached hydrogen (secondary N) is 1. The first-order valence-corrected chi connectivity index (χ1v) is 11.5. The fourth-order valence-corrected chi connectivity index (χ4v) is 6.25. The number of halogens is 2. The first kappa shape index (κ1) is 20.8. The number of anilines is 1. The second-order valence-corrected chi connectivity index (χ2v) is 9.89. The predicted molar refractivity (Wildman–Crippen MR) is 105 cm³/mol. The molecular weight excluding hydrogens is 429 g/mol. The van der Waals surface area contributed by atoms with Crippen LogP contribution in [0, 0.1) is 5.82 Å². The van der Waals surface area contributed by atoms with E-state index in [-0.39, 0.29) is 52.1 Å². The number of hydrogen-bond acceptors (Lipinski definition) is 6. The van der Waals surface area contributed by atoms with E-state index >= 15 is 0 Å². The lowest BCUT2D eigenvalue weighted by molar-refractivity contribution is -0.115. The van der Waals surface area contributed by atoms with Crippen molar-refractivity contribution in [1.29, 1.82) is 0 Å². The van der Waals surface area contributed by atoms with E-state index in [4.69, 9.17) is 16.3 Å². The third-order valence-corrected chi connectivity index (χ3v) is 7.48. The summed E-state index contributed by atoms with van der Waals surface area (Å²) < 4.78 is 42.8. The zero-order chi connectivity index (χ0) is 20.5. The maximum Gasteiger partial charge on any atom is 0.341 e. The van der Waals surface area contributed by atoms with Crippen molar-refractivity contribution >= 4 is 49.7 Å². The van der Waals surface area contributed by atoms with E-state index in [2.05, 4.69) is 5.32 Å². The van der Waals surface area contributed by atoms with Gasteiger partial charge in [0, 0.05) is 15.5 Å². The maximum atomic E-state index is 13.9. The van der Waals surface area contributed by atoms with E-state index in [1.54, 1.807) is 6.92 Å². The number of rotatable bonds is 5. The molecule has 0 bridgehead atoms. The molecular formula is C18H17ClFNO5S2. The lowest BCUT2D eigenvalue weighted by Gasteiger charge is -2.13. The Morgan fingerprint density at radius 2 is 2.11 bits per heavy atom. The summed E-state index contributed by atoms with van der Waals surface area (Å²) >= 11 is 6.98. The van der Waals surface area contributed by atoms with Crippen molar-refractivity contribution in [2.24, 2.45) is 0 Å². The lowest BCUT2D eigenvalue weighted by atomic mass is 10.1. The lowest BCUT2D eigenvalue weighted by Crippen LogP contribution is -2.20. The maximum absolute atomic E-state index is 13.9. The summed E-state index contributed by atoms with van der Waals surface area (Å²) in [6, 6.07) is 4.12. The van der Waals surface area contributed by atoms with Crippen LogP contribution >= 0.6 is 22.9 Å². The summed E-state index contributed by atoms with van der Waals surface area (Å²) in [4.78, 5) is 25.4. The van der Waals surface area contributed by atoms with Gasteiger partial charge in [-0.25, -0.2) is 17.6 Å². The summed E-state index contributed by atoms with van der Waals surface area (Å²) in [5.41, 5.74) is 0.797. The van der Waals surface area contributed by atoms with Crippen LogP contribution in [0.1, 0.15) is 33.3 Å². The average Bonchev–Trinajstić information content (AvgIpc) is 2.94. The fourth-order valence-electron chi connectivity index (χ4n) is 2.96. The van der Waals surface area contributed by atoms with Gasteiger partial charge in [0.05, 0.1) is 30.1 Å². The number of fused-ring (bicyclic) bond motifs is 1. The van der Waals surface area contributed by atoms with Crippen LogP contribution in [-0.4, -0.2) is 32.7 Å². The second-order valence-electron chi connectivity index (χ2n) is 6.20. The Kier molecular flexibility index (Phi) is 6.07. The molecule has 3 rings (SSSR count). The number of sulfone groups is 1. The molecule has 0 unspecified atom stereocenters. The van der Waals surface area contributed by atoms with Crippen LogP contribution in [0.25, 0.3) is 0 Å². The van der Waals surface area contributed by atoms with Crippen LogP contribution in [0.4, 0.5) is 9.39 Å². The van der Waals surface area contributed by atoms with Gasteiger partial charge in [-0.1, -0.05) is 17.7 Å². The van der Waals surface area contributed by atoms with Gasteiger partial charge in [-0.05, 0) is 31.0 Å². The Labute approximate surface area is 170 Å². The highest BCUT2D eigenvalue weighted by molar-refractivity contribution is 7.90. The number of thiophene rings is 1. The molecule has 1 aliphatic heterocycles. The van der Waals surface area contributed by atoms with Crippen LogP contribution in [0.3, 0.4) is 0 Å². The molecule has 1 aromatic carbocycles. The molecule has 0 spiro atoms. The van der Waals surface area contributed by atoms with Gasteiger partial charge in [0.2, 0.25) is 5.91 Å². The largest absolute Gasteiger partial charge is 0.462 e. The number of benzene rings is 1. The van der Waals surface area contributed by atoms with Crippen LogP contribution in [0.15, 0.2) is 18.2 Å². The van der Waals surface area contributed by atoms with E-state index in [0.29, 0.717) is 10.4 Å². The average molecular weight is 446 g/mol. The molecule has 0 fully saturated rings. The monoisotopic (exact) mass is 445 g/mol. The van der Waals surface area contributed by atoms with Crippen LogP contribution in [-0.2, 0) is 38.0 Å². The minimum Gasteiger partial charge on any atom is -0.462 e. The molecule has 0 aliphatic carbocycles. The predicted octanol–water partition coefficient (Wildman–Crippen LogP) is 3.37. The number of ether oxygens (including phenoxy) is 1. The standard InChI is InChI=1S/C18H17ClFNO5S2/c1-2-26-18(23)16-10-6-7-28(24,25)9-14(10)27-17(16)21-15(22)8-11-12(19)4-3-5-13(11)20/h3-5H,2,6-9H2,1H3,(H,21,22). The van der Waals surface area contributed by atoms with Gasteiger partial charge in [0.15, 0.2) is 9.84 Å². The highest BCUT2D eigenvalue weighted by atomic mass is 35.5. The summed E-state index contributed by atoms with van der Waals surface area (Å²) in [5, 5.41) is 2.92. The zero-order valence-corrected chi connectivity index (χ0v) is 17.3. The van der Waals surface area contributed by atoms with Crippen molar-refractivity contribution in [2.45, 2.75) is 25.5 Å². The Hall–Kier alpha value is -1.97. The highest BCUT2D eigenvalue weighted by Gasteiger charge is 2.32. The van der Waals surface area contributed by atoms with Crippen molar-refractivity contribution in [3.05, 3.63) is 50.6 Å². The molecule has 28 heavy (non-hydrogen) atoms. The molecule has 0 saturated heterocycles. The number of amides is 1. The zero-order valence-electron chi connectivity index (χ0n) is 14.9. The fraction of sp³-hybridized carbons (Fsp3) is 0.333. The molecule has 1 aliphatic rings. The van der Waals surface area contributed by atoms with E-state index in [1.807, 2.05) is 0 Å². The van der Waals surface area contributed by atoms with Crippen LogP contribution in [0.5, 0.6) is 0 Å². The number of carbonyl (C=O) groups is 2. The number of carbonyl (C=O) groups excluding carboxylic acids is 2. The SMILES string of the molecule is CCOC(=O)c1c(NC(=O)Cc2c(F)cccc2Cl)sc2c1CCS(=O)(=O)C2. The van der Waals surface area contributed by atoms with E-state index < -0.39 is 27.5 Å². The molecule has 1 N–H and O–H groups in total. The third-order valence-electron chi connectivity index (χ3n) is 4.24. The summed E-state index contributed by atoms with van der Waals surface area (Å²) in [7, 11) is -3.25. The van der Waals surface area contributed by atoms with Gasteiger partial charge < -0.3 is 10.1 Å². The first-order valence-electron chi connectivity index (χ1n) is 8.46. The van der Waals surface area contributed by atoms with Crippen LogP contribution in [0.2, 0.25) is 5.02 Å². The van der Waals surface area contributed by atoms with Gasteiger partial charge in [-0.3, -0.25) is 4.79 Å². The van der Waals surface area contributed by atoms with Gasteiger partial charge in [-0.15, -0.1) is 11.3 Å². The first-order chi connectivity index (χ1) is 13.2. The normalized spacial score (nSPS) is 15.0. The summed E-state index contributed by atoms with van der Waals surface area (Å²) in [5.74, 6) is -2.06. The third kappa shape index (κ3) is 4.37. The Morgan fingerprint density at radius 3 is 2.79 bits per heavy atom. The van der Waals surface area contributed by atoms with Crippen molar-refractivity contribution in [1.82, 2.24) is 0 Å². The van der Waals surface area contributed by atoms with Gasteiger partial charge in [0.1, 0.15) is 10.8 Å². The molecule has 1 aromatic heterocycles. The molecule has 6 nitrogen and oxygen atoms in total. The second kappa shape index (κ2) is 8.18. The number of esters is 1. The topological polar surface area (TPSA) is 89.5 Å². The van der Waals surface area contributed by atoms with E-state index in [1.165, 1.54) is 18.2 Å². The number of hydrogen-bond donors (Lipinski definition) is 1. The molecule has 0 atom stereocenters. The van der Waals surface area contributed by atoms with Gasteiger partial charge in [0.25, 0.3) is 0 Å². The van der Waals surface area contributed by atoms with E-state index in [0.717, 1.165) is 11.3 Å². The van der Waals surface area contributed by atoms with E-state index in [9.17, 15) is 22.4 Å². The molecule has 1 amide bonds. The van der Waals surface area contributed by atoms with Gasteiger partial charge in [-0.2, -0.15) is 0 Å². The summed E-state index contributed by atoms with van der Waals surface area (Å²) in [6.45, 7) is 1.79. The quantitative estimate of drug-likeness (QED) is 0.712.